The normalized spacial score (nSPS) is 10.7. The summed E-state index contributed by atoms with van der Waals surface area (Å²) >= 11 is 0. The third-order valence-corrected chi connectivity index (χ3v) is 2.91. The number of nitro benzene ring substituents is 1. The summed E-state index contributed by atoms with van der Waals surface area (Å²) in [4.78, 5) is 21.7. The molecule has 0 saturated heterocycles. The highest BCUT2D eigenvalue weighted by Gasteiger charge is 2.14. The third kappa shape index (κ3) is 2.18. The number of benzene rings is 1. The molecule has 2 N–H and O–H groups in total. The number of rotatable bonds is 2. The molecule has 104 valence electrons. The Morgan fingerprint density at radius 2 is 1.95 bits per heavy atom. The van der Waals surface area contributed by atoms with E-state index in [1.807, 2.05) is 0 Å². The molecule has 0 radical (unpaired) electrons. The van der Waals surface area contributed by atoms with Crippen LogP contribution in [0.3, 0.4) is 0 Å². The molecule has 3 aromatic rings. The minimum absolute atomic E-state index is 0.0891. The molecule has 0 atom stereocenters. The number of non-ortho nitro benzene ring substituents is 1. The molecule has 0 aliphatic heterocycles. The van der Waals surface area contributed by atoms with E-state index in [2.05, 4.69) is 15.0 Å². The first-order chi connectivity index (χ1) is 10.1. The topological polar surface area (TPSA) is 122 Å². The van der Waals surface area contributed by atoms with Gasteiger partial charge >= 0.3 is 6.01 Å². The van der Waals surface area contributed by atoms with E-state index in [1.54, 1.807) is 6.07 Å². The van der Waals surface area contributed by atoms with Gasteiger partial charge in [0, 0.05) is 23.9 Å². The summed E-state index contributed by atoms with van der Waals surface area (Å²) in [6.07, 6.45) is 1.43. The number of nitro groups is 1. The second-order valence-corrected chi connectivity index (χ2v) is 4.21. The van der Waals surface area contributed by atoms with E-state index in [1.165, 1.54) is 30.5 Å². The van der Waals surface area contributed by atoms with Gasteiger partial charge in [0.25, 0.3) is 5.69 Å². The molecule has 2 heterocycles. The summed E-state index contributed by atoms with van der Waals surface area (Å²) in [5.41, 5.74) is 0.883. The molecule has 3 rings (SSSR count). The van der Waals surface area contributed by atoms with Crippen molar-refractivity contribution in [3.05, 3.63) is 46.6 Å². The number of nitrogens with zero attached hydrogens (tertiary/aromatic N) is 4. The van der Waals surface area contributed by atoms with Gasteiger partial charge in [0.05, 0.1) is 16.0 Å². The second kappa shape index (κ2) is 4.67. The van der Waals surface area contributed by atoms with Gasteiger partial charge in [-0.15, -0.1) is 0 Å². The summed E-state index contributed by atoms with van der Waals surface area (Å²) in [5.74, 6) is -0.383. The molecular formula is C13H8N4O4. The van der Waals surface area contributed by atoms with E-state index in [9.17, 15) is 20.3 Å². The van der Waals surface area contributed by atoms with E-state index < -0.39 is 10.9 Å². The summed E-state index contributed by atoms with van der Waals surface area (Å²) in [5, 5.41) is 30.3. The van der Waals surface area contributed by atoms with Gasteiger partial charge in [0.2, 0.25) is 5.88 Å². The highest BCUT2D eigenvalue weighted by atomic mass is 16.6. The van der Waals surface area contributed by atoms with Gasteiger partial charge in [0.1, 0.15) is 5.52 Å². The van der Waals surface area contributed by atoms with Crippen LogP contribution in [0, 0.1) is 10.1 Å². The fourth-order valence-electron chi connectivity index (χ4n) is 2.01. The van der Waals surface area contributed by atoms with Crippen molar-refractivity contribution in [2.24, 2.45) is 0 Å². The first kappa shape index (κ1) is 12.7. The molecule has 0 saturated carbocycles. The summed E-state index contributed by atoms with van der Waals surface area (Å²) in [7, 11) is 0. The van der Waals surface area contributed by atoms with Crippen LogP contribution in [0.5, 0.6) is 11.9 Å². The maximum Gasteiger partial charge on any atom is 0.317 e. The van der Waals surface area contributed by atoms with E-state index in [0.717, 1.165) is 0 Å². The second-order valence-electron chi connectivity index (χ2n) is 4.21. The van der Waals surface area contributed by atoms with Crippen LogP contribution in [0.1, 0.15) is 0 Å². The SMILES string of the molecule is O=[N+]([O-])c1cccc(-c2nccc3c(O)nc(O)nc23)c1. The zero-order valence-electron chi connectivity index (χ0n) is 10.5. The number of hydrogen-bond donors (Lipinski definition) is 2. The van der Waals surface area contributed by atoms with Crippen molar-refractivity contribution < 1.29 is 15.1 Å². The molecule has 8 nitrogen and oxygen atoms in total. The Morgan fingerprint density at radius 3 is 2.71 bits per heavy atom. The Hall–Kier alpha value is -3.29. The maximum atomic E-state index is 10.8. The van der Waals surface area contributed by atoms with Gasteiger partial charge in [-0.3, -0.25) is 15.1 Å². The van der Waals surface area contributed by atoms with Crippen LogP contribution in [0.25, 0.3) is 22.2 Å². The predicted octanol–water partition coefficient (Wildman–Crippen LogP) is 2.01. The van der Waals surface area contributed by atoms with E-state index in [-0.39, 0.29) is 17.1 Å². The lowest BCUT2D eigenvalue weighted by atomic mass is 10.1. The largest absolute Gasteiger partial charge is 0.493 e. The summed E-state index contributed by atoms with van der Waals surface area (Å²) in [6.45, 7) is 0. The van der Waals surface area contributed by atoms with Crippen LogP contribution < -0.4 is 0 Å². The van der Waals surface area contributed by atoms with Crippen LogP contribution >= 0.6 is 0 Å². The Kier molecular flexibility index (Phi) is 2.83. The minimum atomic E-state index is -0.598. The zero-order chi connectivity index (χ0) is 15.0. The molecule has 2 aromatic heterocycles. The fourth-order valence-corrected chi connectivity index (χ4v) is 2.01. The average molecular weight is 284 g/mol. The number of fused-ring (bicyclic) bond motifs is 1. The number of aromatic hydroxyl groups is 2. The first-order valence-corrected chi connectivity index (χ1v) is 5.86. The number of pyridine rings is 1. The lowest BCUT2D eigenvalue weighted by molar-refractivity contribution is -0.384. The van der Waals surface area contributed by atoms with Crippen LogP contribution in [0.2, 0.25) is 0 Å². The fraction of sp³-hybridized carbons (Fsp3) is 0. The van der Waals surface area contributed by atoms with Crippen molar-refractivity contribution in [3.63, 3.8) is 0 Å². The Morgan fingerprint density at radius 1 is 1.14 bits per heavy atom. The van der Waals surface area contributed by atoms with Crippen molar-refractivity contribution in [1.82, 2.24) is 15.0 Å². The van der Waals surface area contributed by atoms with Crippen LogP contribution in [-0.4, -0.2) is 30.1 Å². The molecule has 1 aromatic carbocycles. The molecule has 8 heteroatoms. The maximum absolute atomic E-state index is 10.8. The molecular weight excluding hydrogens is 276 g/mol. The lowest BCUT2D eigenvalue weighted by Crippen LogP contribution is -1.93. The third-order valence-electron chi connectivity index (χ3n) is 2.91. The van der Waals surface area contributed by atoms with E-state index in [0.29, 0.717) is 16.6 Å². The molecule has 0 spiro atoms. The van der Waals surface area contributed by atoms with Crippen molar-refractivity contribution in [1.29, 1.82) is 0 Å². The smallest absolute Gasteiger partial charge is 0.317 e. The molecule has 0 aliphatic rings. The first-order valence-electron chi connectivity index (χ1n) is 5.86. The van der Waals surface area contributed by atoms with Crippen molar-refractivity contribution >= 4 is 16.6 Å². The van der Waals surface area contributed by atoms with E-state index in [4.69, 9.17) is 0 Å². The lowest BCUT2D eigenvalue weighted by Gasteiger charge is -2.06. The van der Waals surface area contributed by atoms with Crippen molar-refractivity contribution in [2.45, 2.75) is 0 Å². The van der Waals surface area contributed by atoms with Gasteiger partial charge in [-0.25, -0.2) is 0 Å². The Labute approximate surface area is 117 Å². The van der Waals surface area contributed by atoms with Gasteiger partial charge in [-0.05, 0) is 6.07 Å². The Balaban J connectivity index is 2.30. The van der Waals surface area contributed by atoms with Crippen LogP contribution in [0.15, 0.2) is 36.5 Å². The van der Waals surface area contributed by atoms with Crippen LogP contribution in [0.4, 0.5) is 5.69 Å². The predicted molar refractivity (Wildman–Crippen MR) is 72.8 cm³/mol. The molecule has 21 heavy (non-hydrogen) atoms. The molecule has 0 aliphatic carbocycles. The summed E-state index contributed by atoms with van der Waals surface area (Å²) < 4.78 is 0. The van der Waals surface area contributed by atoms with Gasteiger partial charge in [-0.1, -0.05) is 12.1 Å². The highest BCUT2D eigenvalue weighted by Crippen LogP contribution is 2.31. The van der Waals surface area contributed by atoms with Gasteiger partial charge < -0.3 is 10.2 Å². The molecule has 0 bridgehead atoms. The van der Waals surface area contributed by atoms with Crippen LogP contribution in [-0.2, 0) is 0 Å². The van der Waals surface area contributed by atoms with Gasteiger partial charge in [0.15, 0.2) is 0 Å². The zero-order valence-corrected chi connectivity index (χ0v) is 10.5. The Bertz CT molecular complexity index is 866. The van der Waals surface area contributed by atoms with E-state index >= 15 is 0 Å². The number of hydrogen-bond acceptors (Lipinski definition) is 7. The monoisotopic (exact) mass is 284 g/mol. The molecule has 0 fully saturated rings. The van der Waals surface area contributed by atoms with Crippen molar-refractivity contribution in [2.75, 3.05) is 0 Å². The number of aromatic nitrogens is 3. The van der Waals surface area contributed by atoms with Crippen molar-refractivity contribution in [3.8, 4) is 23.1 Å². The van der Waals surface area contributed by atoms with Gasteiger partial charge in [-0.2, -0.15) is 9.97 Å². The summed E-state index contributed by atoms with van der Waals surface area (Å²) in [6, 6.07) is 6.75. The molecule has 0 amide bonds. The molecule has 0 unspecified atom stereocenters. The minimum Gasteiger partial charge on any atom is -0.493 e. The average Bonchev–Trinajstić information content (AvgIpc) is 2.46. The quantitative estimate of drug-likeness (QED) is 0.545. The highest BCUT2D eigenvalue weighted by molar-refractivity contribution is 5.94. The standard InChI is InChI=1S/C13H8N4O4/c18-12-9-4-5-14-10(11(9)15-13(19)16-12)7-2-1-3-8(6-7)17(20)21/h1-6H,(H2,15,16,18,19).